The van der Waals surface area contributed by atoms with Crippen molar-refractivity contribution >= 4 is 28.4 Å². The van der Waals surface area contributed by atoms with Crippen LogP contribution in [0.3, 0.4) is 0 Å². The molecule has 0 aliphatic carbocycles. The van der Waals surface area contributed by atoms with Gasteiger partial charge in [-0.2, -0.15) is 0 Å². The number of nitrogen functional groups attached to an aromatic ring is 1. The number of carbonyl (C=O) groups is 2. The topological polar surface area (TPSA) is 85.1 Å². The smallest absolute Gasteiger partial charge is 0.234 e. The Morgan fingerprint density at radius 2 is 2.15 bits per heavy atom. The Morgan fingerprint density at radius 3 is 2.90 bits per heavy atom. The average molecular weight is 269 g/mol. The quantitative estimate of drug-likeness (QED) is 0.609. The molecule has 1 saturated heterocycles. The van der Waals surface area contributed by atoms with Gasteiger partial charge in [-0.3, -0.25) is 19.9 Å². The van der Waals surface area contributed by atoms with Crippen LogP contribution in [-0.2, 0) is 9.59 Å². The summed E-state index contributed by atoms with van der Waals surface area (Å²) in [5.41, 5.74) is 8.94. The van der Waals surface area contributed by atoms with Crippen LogP contribution >= 0.6 is 0 Å². The molecule has 1 aliphatic rings. The van der Waals surface area contributed by atoms with E-state index >= 15 is 0 Å². The van der Waals surface area contributed by atoms with Gasteiger partial charge >= 0.3 is 0 Å². The molecule has 2 amide bonds. The van der Waals surface area contributed by atoms with Crippen molar-refractivity contribution in [3.63, 3.8) is 0 Å². The summed E-state index contributed by atoms with van der Waals surface area (Å²) in [5, 5.41) is 3.30. The van der Waals surface area contributed by atoms with Crippen LogP contribution in [0, 0.1) is 6.92 Å². The molecule has 2 aromatic rings. The summed E-state index contributed by atoms with van der Waals surface area (Å²) in [6.45, 7) is 1.87. The van der Waals surface area contributed by atoms with E-state index in [0.717, 1.165) is 22.2 Å². The van der Waals surface area contributed by atoms with Crippen LogP contribution in [0.5, 0.6) is 0 Å². The lowest BCUT2D eigenvalue weighted by Gasteiger charge is -2.22. The molecule has 5 heteroatoms. The highest BCUT2D eigenvalue weighted by atomic mass is 16.2. The number of para-hydroxylation sites is 1. The number of amides is 2. The van der Waals surface area contributed by atoms with Gasteiger partial charge < -0.3 is 5.73 Å². The highest BCUT2D eigenvalue weighted by Crippen LogP contribution is 2.30. The summed E-state index contributed by atoms with van der Waals surface area (Å²) >= 11 is 0. The Labute approximate surface area is 116 Å². The van der Waals surface area contributed by atoms with E-state index < -0.39 is 0 Å². The van der Waals surface area contributed by atoms with Gasteiger partial charge in [-0.1, -0.05) is 12.1 Å². The van der Waals surface area contributed by atoms with Crippen molar-refractivity contribution in [2.45, 2.75) is 25.7 Å². The Kier molecular flexibility index (Phi) is 2.89. The second kappa shape index (κ2) is 4.59. The minimum atomic E-state index is -0.314. The Hall–Kier alpha value is -2.43. The molecular formula is C15H15N3O2. The zero-order valence-electron chi connectivity index (χ0n) is 11.1. The molecule has 2 heterocycles. The lowest BCUT2D eigenvalue weighted by Crippen LogP contribution is -2.39. The number of imide groups is 1. The van der Waals surface area contributed by atoms with E-state index in [1.807, 2.05) is 25.1 Å². The third-order valence-corrected chi connectivity index (χ3v) is 3.72. The third-order valence-electron chi connectivity index (χ3n) is 3.72. The fourth-order valence-corrected chi connectivity index (χ4v) is 2.67. The number of nitrogens with zero attached hydrogens (tertiary/aromatic N) is 1. The maximum absolute atomic E-state index is 12.0. The number of aryl methyl sites for hydroxylation is 1. The van der Waals surface area contributed by atoms with Gasteiger partial charge in [0.1, 0.15) is 0 Å². The molecular weight excluding hydrogens is 254 g/mol. The number of rotatable bonds is 1. The first-order valence-corrected chi connectivity index (χ1v) is 6.55. The number of benzene rings is 1. The molecule has 0 bridgehead atoms. The average Bonchev–Trinajstić information content (AvgIpc) is 2.40. The van der Waals surface area contributed by atoms with Crippen molar-refractivity contribution in [1.29, 1.82) is 0 Å². The number of fused-ring (bicyclic) bond motifs is 1. The number of anilines is 1. The number of piperidine rings is 1. The van der Waals surface area contributed by atoms with Crippen LogP contribution in [0.15, 0.2) is 24.3 Å². The van der Waals surface area contributed by atoms with Crippen molar-refractivity contribution in [3.05, 3.63) is 35.5 Å². The second-order valence-electron chi connectivity index (χ2n) is 5.09. The van der Waals surface area contributed by atoms with Crippen molar-refractivity contribution in [2.24, 2.45) is 0 Å². The number of nitrogens with one attached hydrogen (secondary N) is 1. The minimum absolute atomic E-state index is 0.207. The summed E-state index contributed by atoms with van der Waals surface area (Å²) in [6, 6.07) is 7.55. The van der Waals surface area contributed by atoms with Crippen LogP contribution in [0.2, 0.25) is 0 Å². The van der Waals surface area contributed by atoms with E-state index in [1.165, 1.54) is 0 Å². The zero-order valence-corrected chi connectivity index (χ0v) is 11.1. The number of hydrogen-bond acceptors (Lipinski definition) is 4. The Balaban J connectivity index is 2.10. The zero-order chi connectivity index (χ0) is 14.3. The molecule has 1 aliphatic heterocycles. The van der Waals surface area contributed by atoms with E-state index in [0.29, 0.717) is 18.5 Å². The summed E-state index contributed by atoms with van der Waals surface area (Å²) in [4.78, 5) is 27.7. The molecule has 20 heavy (non-hydrogen) atoms. The highest BCUT2D eigenvalue weighted by molar-refractivity contribution is 6.01. The number of nitrogens with two attached hydrogens (primary N) is 1. The summed E-state index contributed by atoms with van der Waals surface area (Å²) in [5.74, 6) is -0.762. The summed E-state index contributed by atoms with van der Waals surface area (Å²) in [7, 11) is 0. The molecule has 0 radical (unpaired) electrons. The van der Waals surface area contributed by atoms with Gasteiger partial charge in [-0.25, -0.2) is 0 Å². The van der Waals surface area contributed by atoms with Crippen LogP contribution in [0.4, 0.5) is 5.69 Å². The summed E-state index contributed by atoms with van der Waals surface area (Å²) in [6.07, 6.45) is 0.895. The lowest BCUT2D eigenvalue weighted by molar-refractivity contribution is -0.134. The molecule has 1 atom stereocenters. The first-order valence-electron chi connectivity index (χ1n) is 6.55. The van der Waals surface area contributed by atoms with E-state index in [9.17, 15) is 9.59 Å². The van der Waals surface area contributed by atoms with Gasteiger partial charge in [0.25, 0.3) is 0 Å². The van der Waals surface area contributed by atoms with Crippen LogP contribution in [0.25, 0.3) is 10.9 Å². The van der Waals surface area contributed by atoms with E-state index in [1.54, 1.807) is 6.07 Å². The number of carbonyl (C=O) groups excluding carboxylic acids is 2. The SMILES string of the molecule is Cc1nc2c(N)cccc2cc1C1CCC(=O)NC1=O. The fourth-order valence-electron chi connectivity index (χ4n) is 2.67. The lowest BCUT2D eigenvalue weighted by atomic mass is 9.89. The second-order valence-corrected chi connectivity index (χ2v) is 5.09. The van der Waals surface area contributed by atoms with Crippen molar-refractivity contribution in [1.82, 2.24) is 10.3 Å². The molecule has 1 fully saturated rings. The normalized spacial score (nSPS) is 19.1. The molecule has 3 N–H and O–H groups in total. The van der Waals surface area contributed by atoms with Crippen LogP contribution < -0.4 is 11.1 Å². The van der Waals surface area contributed by atoms with E-state index in [-0.39, 0.29) is 17.7 Å². The van der Waals surface area contributed by atoms with Gasteiger partial charge in [0.15, 0.2) is 0 Å². The molecule has 0 spiro atoms. The monoisotopic (exact) mass is 269 g/mol. The minimum Gasteiger partial charge on any atom is -0.397 e. The largest absolute Gasteiger partial charge is 0.397 e. The molecule has 0 saturated carbocycles. The van der Waals surface area contributed by atoms with Gasteiger partial charge in [0.2, 0.25) is 11.8 Å². The maximum atomic E-state index is 12.0. The fraction of sp³-hybridized carbons (Fsp3) is 0.267. The molecule has 1 aromatic heterocycles. The first kappa shape index (κ1) is 12.6. The third kappa shape index (κ3) is 2.01. The molecule has 1 aromatic carbocycles. The van der Waals surface area contributed by atoms with Gasteiger partial charge in [-0.05, 0) is 31.0 Å². The molecule has 3 rings (SSSR count). The van der Waals surface area contributed by atoms with E-state index in [2.05, 4.69) is 10.3 Å². The first-order chi connectivity index (χ1) is 9.56. The predicted octanol–water partition coefficient (Wildman–Crippen LogP) is 1.65. The van der Waals surface area contributed by atoms with E-state index in [4.69, 9.17) is 5.73 Å². The van der Waals surface area contributed by atoms with Crippen molar-refractivity contribution in [2.75, 3.05) is 5.73 Å². The highest BCUT2D eigenvalue weighted by Gasteiger charge is 2.29. The Morgan fingerprint density at radius 1 is 1.35 bits per heavy atom. The molecule has 5 nitrogen and oxygen atoms in total. The van der Waals surface area contributed by atoms with Crippen LogP contribution in [-0.4, -0.2) is 16.8 Å². The van der Waals surface area contributed by atoms with Crippen LogP contribution in [0.1, 0.15) is 30.0 Å². The number of hydrogen-bond donors (Lipinski definition) is 2. The maximum Gasteiger partial charge on any atom is 0.234 e. The van der Waals surface area contributed by atoms with Gasteiger partial charge in [0, 0.05) is 17.5 Å². The molecule has 102 valence electrons. The number of pyridine rings is 1. The number of aromatic nitrogens is 1. The van der Waals surface area contributed by atoms with Gasteiger partial charge in [0.05, 0.1) is 17.1 Å². The molecule has 1 unspecified atom stereocenters. The van der Waals surface area contributed by atoms with Gasteiger partial charge in [-0.15, -0.1) is 0 Å². The Bertz CT molecular complexity index is 724. The standard InChI is InChI=1S/C15H15N3O2/c1-8-11(10-5-6-13(19)18-15(10)20)7-9-3-2-4-12(16)14(9)17-8/h2-4,7,10H,5-6,16H2,1H3,(H,18,19,20). The predicted molar refractivity (Wildman–Crippen MR) is 76.0 cm³/mol. The summed E-state index contributed by atoms with van der Waals surface area (Å²) < 4.78 is 0. The van der Waals surface area contributed by atoms with Crippen molar-refractivity contribution in [3.8, 4) is 0 Å². The van der Waals surface area contributed by atoms with Crippen molar-refractivity contribution < 1.29 is 9.59 Å².